The van der Waals surface area contributed by atoms with Crippen LogP contribution in [0.2, 0.25) is 0 Å². The molecule has 2 unspecified atom stereocenters. The van der Waals surface area contributed by atoms with Crippen LogP contribution in [0.4, 0.5) is 0 Å². The van der Waals surface area contributed by atoms with Gasteiger partial charge in [-0.05, 0) is 5.56 Å². The van der Waals surface area contributed by atoms with E-state index in [9.17, 15) is 19.5 Å². The maximum absolute atomic E-state index is 12.3. The van der Waals surface area contributed by atoms with Crippen LogP contribution in [0.5, 0.6) is 0 Å². The lowest BCUT2D eigenvalue weighted by Crippen LogP contribution is -2.55. The number of hydrogen-bond donors (Lipinski definition) is 3. The van der Waals surface area contributed by atoms with Gasteiger partial charge < -0.3 is 20.5 Å². The van der Waals surface area contributed by atoms with Gasteiger partial charge in [-0.25, -0.2) is 4.79 Å². The number of carbonyl (C=O) groups is 3. The number of carboxylic acids is 1. The Kier molecular flexibility index (Phi) is 5.33. The van der Waals surface area contributed by atoms with Crippen molar-refractivity contribution in [2.75, 3.05) is 13.2 Å². The molecule has 0 spiro atoms. The first kappa shape index (κ1) is 17.0. The number of amides is 2. The minimum Gasteiger partial charge on any atom is -0.479 e. The number of aliphatic carboxylic acids is 1. The molecule has 1 aliphatic rings. The average Bonchev–Trinajstić information content (AvgIpc) is 2.97. The molecule has 1 aliphatic heterocycles. The number of ether oxygens (including phenoxy) is 1. The smallest absolute Gasteiger partial charge is 0.331 e. The largest absolute Gasteiger partial charge is 0.479 e. The molecule has 1 saturated heterocycles. The predicted octanol–water partition coefficient (Wildman–Crippen LogP) is 0.614. The van der Waals surface area contributed by atoms with Crippen LogP contribution in [-0.2, 0) is 19.1 Å². The normalized spacial score (nSPS) is 21.4. The Bertz CT molecular complexity index is 581. The lowest BCUT2D eigenvalue weighted by molar-refractivity contribution is -0.147. The highest BCUT2D eigenvalue weighted by molar-refractivity contribution is 5.88. The second kappa shape index (κ2) is 7.23. The zero-order valence-electron chi connectivity index (χ0n) is 12.9. The van der Waals surface area contributed by atoms with Gasteiger partial charge in [-0.15, -0.1) is 0 Å². The maximum Gasteiger partial charge on any atom is 0.331 e. The van der Waals surface area contributed by atoms with Crippen molar-refractivity contribution in [3.63, 3.8) is 0 Å². The molecule has 0 aliphatic carbocycles. The molecule has 7 nitrogen and oxygen atoms in total. The average molecular weight is 320 g/mol. The second-order valence-corrected chi connectivity index (χ2v) is 5.61. The molecule has 0 bridgehead atoms. The van der Waals surface area contributed by atoms with E-state index in [1.807, 2.05) is 18.2 Å². The quantitative estimate of drug-likeness (QED) is 0.712. The minimum absolute atomic E-state index is 0.0430. The standard InChI is InChI=1S/C16H20N2O5/c1-11(19)17-13(12-5-3-2-4-6-12)9-14(20)18-16(15(21)22)7-8-23-10-16/h2-6,13H,7-10H2,1H3,(H,17,19)(H,18,20)(H,21,22). The molecular weight excluding hydrogens is 300 g/mol. The monoisotopic (exact) mass is 320 g/mol. The number of carbonyl (C=O) groups excluding carboxylic acids is 2. The molecule has 124 valence electrons. The summed E-state index contributed by atoms with van der Waals surface area (Å²) in [6.07, 6.45) is 0.183. The van der Waals surface area contributed by atoms with Crippen LogP contribution in [0.15, 0.2) is 30.3 Å². The third-order valence-electron chi connectivity index (χ3n) is 3.78. The van der Waals surface area contributed by atoms with Crippen LogP contribution in [0.25, 0.3) is 0 Å². The van der Waals surface area contributed by atoms with Gasteiger partial charge in [0.1, 0.15) is 0 Å². The summed E-state index contributed by atoms with van der Waals surface area (Å²) in [5.74, 6) is -1.82. The Morgan fingerprint density at radius 3 is 2.52 bits per heavy atom. The first-order valence-electron chi connectivity index (χ1n) is 7.37. The van der Waals surface area contributed by atoms with Gasteiger partial charge >= 0.3 is 5.97 Å². The Labute approximate surface area is 134 Å². The summed E-state index contributed by atoms with van der Waals surface area (Å²) in [6.45, 7) is 1.61. The number of rotatable bonds is 6. The molecular formula is C16H20N2O5. The second-order valence-electron chi connectivity index (χ2n) is 5.61. The van der Waals surface area contributed by atoms with E-state index in [4.69, 9.17) is 4.74 Å². The first-order valence-corrected chi connectivity index (χ1v) is 7.37. The molecule has 2 amide bonds. The summed E-state index contributed by atoms with van der Waals surface area (Å²) in [5.41, 5.74) is -0.598. The van der Waals surface area contributed by atoms with Crippen molar-refractivity contribution < 1.29 is 24.2 Å². The fraction of sp³-hybridized carbons (Fsp3) is 0.438. The Morgan fingerprint density at radius 2 is 2.00 bits per heavy atom. The van der Waals surface area contributed by atoms with E-state index in [0.717, 1.165) is 5.56 Å². The summed E-state index contributed by atoms with van der Waals surface area (Å²) in [5, 5.41) is 14.6. The summed E-state index contributed by atoms with van der Waals surface area (Å²) < 4.78 is 5.11. The highest BCUT2D eigenvalue weighted by Gasteiger charge is 2.44. The van der Waals surface area contributed by atoms with Crippen molar-refractivity contribution in [3.8, 4) is 0 Å². The predicted molar refractivity (Wildman–Crippen MR) is 81.6 cm³/mol. The molecule has 1 aromatic carbocycles. The van der Waals surface area contributed by atoms with Crippen molar-refractivity contribution in [3.05, 3.63) is 35.9 Å². The fourth-order valence-electron chi connectivity index (χ4n) is 2.57. The van der Waals surface area contributed by atoms with Crippen molar-refractivity contribution in [2.45, 2.75) is 31.3 Å². The van der Waals surface area contributed by atoms with Gasteiger partial charge in [-0.2, -0.15) is 0 Å². The molecule has 7 heteroatoms. The molecule has 0 radical (unpaired) electrons. The number of nitrogens with one attached hydrogen (secondary N) is 2. The first-order chi connectivity index (χ1) is 10.9. The van der Waals surface area contributed by atoms with E-state index >= 15 is 0 Å². The lowest BCUT2D eigenvalue weighted by atomic mass is 9.97. The molecule has 3 N–H and O–H groups in total. The number of carboxylic acid groups (broad SMARTS) is 1. The molecule has 2 rings (SSSR count). The van der Waals surface area contributed by atoms with E-state index in [2.05, 4.69) is 10.6 Å². The van der Waals surface area contributed by atoms with E-state index in [1.54, 1.807) is 12.1 Å². The summed E-state index contributed by atoms with van der Waals surface area (Å²) >= 11 is 0. The molecule has 23 heavy (non-hydrogen) atoms. The van der Waals surface area contributed by atoms with Gasteiger partial charge in [0.2, 0.25) is 11.8 Å². The van der Waals surface area contributed by atoms with Gasteiger partial charge in [0, 0.05) is 20.0 Å². The van der Waals surface area contributed by atoms with Crippen LogP contribution in [0.3, 0.4) is 0 Å². The summed E-state index contributed by atoms with van der Waals surface area (Å²) in [7, 11) is 0. The Hall–Kier alpha value is -2.41. The maximum atomic E-state index is 12.3. The third kappa shape index (κ3) is 4.29. The highest BCUT2D eigenvalue weighted by Crippen LogP contribution is 2.21. The highest BCUT2D eigenvalue weighted by atomic mass is 16.5. The van der Waals surface area contributed by atoms with Crippen molar-refractivity contribution in [2.24, 2.45) is 0 Å². The molecule has 2 atom stereocenters. The fourth-order valence-corrected chi connectivity index (χ4v) is 2.57. The topological polar surface area (TPSA) is 105 Å². The lowest BCUT2D eigenvalue weighted by Gasteiger charge is -2.25. The van der Waals surface area contributed by atoms with Crippen LogP contribution in [0, 0.1) is 0 Å². The number of hydrogen-bond acceptors (Lipinski definition) is 4. The van der Waals surface area contributed by atoms with Gasteiger partial charge in [-0.3, -0.25) is 9.59 Å². The van der Waals surface area contributed by atoms with Crippen molar-refractivity contribution in [1.82, 2.24) is 10.6 Å². The van der Waals surface area contributed by atoms with Crippen LogP contribution < -0.4 is 10.6 Å². The van der Waals surface area contributed by atoms with Gasteiger partial charge in [0.05, 0.1) is 19.1 Å². The van der Waals surface area contributed by atoms with E-state index < -0.39 is 23.5 Å². The Balaban J connectivity index is 2.08. The molecule has 0 aromatic heterocycles. The van der Waals surface area contributed by atoms with E-state index in [1.165, 1.54) is 6.92 Å². The minimum atomic E-state index is -1.38. The van der Waals surface area contributed by atoms with Crippen molar-refractivity contribution >= 4 is 17.8 Å². The van der Waals surface area contributed by atoms with Gasteiger partial charge in [-0.1, -0.05) is 30.3 Å². The van der Waals surface area contributed by atoms with Crippen LogP contribution >= 0.6 is 0 Å². The van der Waals surface area contributed by atoms with Crippen LogP contribution in [0.1, 0.15) is 31.4 Å². The summed E-state index contributed by atoms with van der Waals surface area (Å²) in [4.78, 5) is 35.1. The summed E-state index contributed by atoms with van der Waals surface area (Å²) in [6, 6.07) is 8.56. The zero-order chi connectivity index (χ0) is 16.9. The van der Waals surface area contributed by atoms with E-state index in [0.29, 0.717) is 6.61 Å². The van der Waals surface area contributed by atoms with Crippen LogP contribution in [-0.4, -0.2) is 41.6 Å². The Morgan fingerprint density at radius 1 is 1.30 bits per heavy atom. The molecule has 0 saturated carbocycles. The third-order valence-corrected chi connectivity index (χ3v) is 3.78. The van der Waals surface area contributed by atoms with Gasteiger partial charge in [0.25, 0.3) is 0 Å². The van der Waals surface area contributed by atoms with E-state index in [-0.39, 0.29) is 25.4 Å². The number of benzene rings is 1. The molecule has 1 fully saturated rings. The van der Waals surface area contributed by atoms with Gasteiger partial charge in [0.15, 0.2) is 5.54 Å². The zero-order valence-corrected chi connectivity index (χ0v) is 12.9. The van der Waals surface area contributed by atoms with Crippen molar-refractivity contribution in [1.29, 1.82) is 0 Å². The molecule has 1 aromatic rings. The SMILES string of the molecule is CC(=O)NC(CC(=O)NC1(C(=O)O)CCOC1)c1ccccc1. The molecule has 1 heterocycles.